The number of allylic oxidation sites excluding steroid dienone is 4. The first-order chi connectivity index (χ1) is 32.5. The maximum Gasteiger partial charge on any atom is 0.305 e. The summed E-state index contributed by atoms with van der Waals surface area (Å²) in [6, 6.07) is -0.546. The molecule has 0 saturated heterocycles. The number of carbonyl (C=O) groups is 2. The van der Waals surface area contributed by atoms with Crippen molar-refractivity contribution >= 4 is 11.9 Å². The highest BCUT2D eigenvalue weighted by Crippen LogP contribution is 2.17. The third kappa shape index (κ3) is 51.7. The van der Waals surface area contributed by atoms with Gasteiger partial charge in [-0.15, -0.1) is 0 Å². The van der Waals surface area contributed by atoms with Gasteiger partial charge in [-0.1, -0.05) is 276 Å². The van der Waals surface area contributed by atoms with Crippen LogP contribution in [0.5, 0.6) is 0 Å². The van der Waals surface area contributed by atoms with Crippen LogP contribution in [0.2, 0.25) is 0 Å². The Morgan fingerprint density at radius 3 is 1.15 bits per heavy atom. The molecule has 6 nitrogen and oxygen atoms in total. The lowest BCUT2D eigenvalue weighted by molar-refractivity contribution is -0.143. The lowest BCUT2D eigenvalue weighted by Crippen LogP contribution is -2.45. The van der Waals surface area contributed by atoms with Gasteiger partial charge in [0, 0.05) is 12.8 Å². The van der Waals surface area contributed by atoms with Crippen molar-refractivity contribution in [3.8, 4) is 0 Å². The highest BCUT2D eigenvalue weighted by atomic mass is 16.5. The van der Waals surface area contributed by atoms with Gasteiger partial charge >= 0.3 is 5.97 Å². The summed E-state index contributed by atoms with van der Waals surface area (Å²) >= 11 is 0. The Balaban J connectivity index is 3.40. The molecular formula is C60H115NO5. The molecule has 0 fully saturated rings. The molecule has 0 saturated carbocycles. The van der Waals surface area contributed by atoms with E-state index in [2.05, 4.69) is 43.5 Å². The summed E-state index contributed by atoms with van der Waals surface area (Å²) in [5.74, 6) is -0.0364. The first-order valence-electron chi connectivity index (χ1n) is 29.6. The zero-order valence-corrected chi connectivity index (χ0v) is 44.4. The Morgan fingerprint density at radius 2 is 0.758 bits per heavy atom. The van der Waals surface area contributed by atoms with Crippen LogP contribution >= 0.6 is 0 Å². The summed E-state index contributed by atoms with van der Waals surface area (Å²) < 4.78 is 5.49. The number of aliphatic hydroxyl groups is 2. The number of aliphatic hydroxyl groups excluding tert-OH is 2. The van der Waals surface area contributed by atoms with Gasteiger partial charge in [0.2, 0.25) is 5.91 Å². The van der Waals surface area contributed by atoms with Crippen molar-refractivity contribution in [3.05, 3.63) is 24.3 Å². The van der Waals surface area contributed by atoms with Gasteiger partial charge < -0.3 is 20.3 Å². The van der Waals surface area contributed by atoms with Crippen molar-refractivity contribution in [2.45, 2.75) is 334 Å². The molecule has 1 amide bonds. The molecule has 2 atom stereocenters. The molecule has 0 aromatic rings. The molecule has 0 bridgehead atoms. The van der Waals surface area contributed by atoms with Crippen molar-refractivity contribution in [3.63, 3.8) is 0 Å². The third-order valence-electron chi connectivity index (χ3n) is 13.8. The van der Waals surface area contributed by atoms with E-state index in [1.165, 1.54) is 238 Å². The van der Waals surface area contributed by atoms with Crippen LogP contribution in [0.3, 0.4) is 0 Å². The van der Waals surface area contributed by atoms with Gasteiger partial charge in [0.05, 0.1) is 25.4 Å². The van der Waals surface area contributed by atoms with Gasteiger partial charge in [0.1, 0.15) is 0 Å². The minimum atomic E-state index is -0.668. The second kappa shape index (κ2) is 55.9. The average molecular weight is 931 g/mol. The SMILES string of the molecule is CCCCCCCCCCCCCCCCCCCC(=O)OCCCCCCCCCCC/C=C\C/C=C\CCCCCCCCCC(=O)NC(CO)C(O)CCCCCCCCCCC. The quantitative estimate of drug-likeness (QED) is 0.0321. The number of carbonyl (C=O) groups excluding carboxylic acids is 2. The predicted molar refractivity (Wildman–Crippen MR) is 287 cm³/mol. The van der Waals surface area contributed by atoms with E-state index in [1.807, 2.05) is 0 Å². The van der Waals surface area contributed by atoms with Crippen LogP contribution in [0.15, 0.2) is 24.3 Å². The fourth-order valence-electron chi connectivity index (χ4n) is 9.20. The number of hydrogen-bond donors (Lipinski definition) is 3. The van der Waals surface area contributed by atoms with E-state index in [0.717, 1.165) is 51.4 Å². The summed E-state index contributed by atoms with van der Waals surface area (Å²) in [4.78, 5) is 24.5. The second-order valence-electron chi connectivity index (χ2n) is 20.3. The van der Waals surface area contributed by atoms with Crippen LogP contribution in [-0.2, 0) is 14.3 Å². The Hall–Kier alpha value is -1.66. The molecule has 0 spiro atoms. The maximum atomic E-state index is 12.4. The van der Waals surface area contributed by atoms with Crippen molar-refractivity contribution in [1.82, 2.24) is 5.32 Å². The number of esters is 1. The van der Waals surface area contributed by atoms with Crippen LogP contribution in [0.25, 0.3) is 0 Å². The monoisotopic (exact) mass is 930 g/mol. The lowest BCUT2D eigenvalue weighted by Gasteiger charge is -2.22. The van der Waals surface area contributed by atoms with E-state index in [9.17, 15) is 19.8 Å². The normalized spacial score (nSPS) is 12.7. The van der Waals surface area contributed by atoms with E-state index in [4.69, 9.17) is 4.74 Å². The molecule has 0 aliphatic heterocycles. The zero-order chi connectivity index (χ0) is 47.9. The molecular weight excluding hydrogens is 815 g/mol. The molecule has 6 heteroatoms. The first-order valence-corrected chi connectivity index (χ1v) is 29.6. The van der Waals surface area contributed by atoms with Crippen molar-refractivity contribution in [2.24, 2.45) is 0 Å². The molecule has 0 aromatic heterocycles. The smallest absolute Gasteiger partial charge is 0.305 e. The molecule has 390 valence electrons. The summed E-state index contributed by atoms with van der Waals surface area (Å²) in [7, 11) is 0. The Bertz CT molecular complexity index is 1030. The van der Waals surface area contributed by atoms with Crippen LogP contribution < -0.4 is 5.32 Å². The number of ether oxygens (including phenoxy) is 1. The van der Waals surface area contributed by atoms with E-state index in [-0.39, 0.29) is 18.5 Å². The molecule has 0 aliphatic carbocycles. The predicted octanol–water partition coefficient (Wildman–Crippen LogP) is 18.2. The minimum Gasteiger partial charge on any atom is -0.466 e. The molecule has 0 aromatic carbocycles. The van der Waals surface area contributed by atoms with Gasteiger partial charge in [0.25, 0.3) is 0 Å². The van der Waals surface area contributed by atoms with Crippen LogP contribution in [-0.4, -0.2) is 47.4 Å². The molecule has 0 rings (SSSR count). The molecule has 3 N–H and O–H groups in total. The Labute approximate surface area is 411 Å². The van der Waals surface area contributed by atoms with Crippen LogP contribution in [0.1, 0.15) is 322 Å². The van der Waals surface area contributed by atoms with Crippen LogP contribution in [0, 0.1) is 0 Å². The largest absolute Gasteiger partial charge is 0.466 e. The van der Waals surface area contributed by atoms with E-state index >= 15 is 0 Å². The highest BCUT2D eigenvalue weighted by molar-refractivity contribution is 5.76. The van der Waals surface area contributed by atoms with Gasteiger partial charge in [-0.05, 0) is 57.8 Å². The topological polar surface area (TPSA) is 95.9 Å². The van der Waals surface area contributed by atoms with Crippen molar-refractivity contribution in [2.75, 3.05) is 13.2 Å². The van der Waals surface area contributed by atoms with E-state index in [1.54, 1.807) is 0 Å². The molecule has 2 unspecified atom stereocenters. The Morgan fingerprint density at radius 1 is 0.424 bits per heavy atom. The maximum absolute atomic E-state index is 12.4. The lowest BCUT2D eigenvalue weighted by atomic mass is 10.0. The van der Waals surface area contributed by atoms with Gasteiger partial charge in [-0.25, -0.2) is 0 Å². The molecule has 0 aliphatic rings. The van der Waals surface area contributed by atoms with Gasteiger partial charge in [0.15, 0.2) is 0 Å². The molecule has 66 heavy (non-hydrogen) atoms. The number of unbranched alkanes of at least 4 members (excludes halogenated alkanes) is 40. The first kappa shape index (κ1) is 64.3. The van der Waals surface area contributed by atoms with Crippen molar-refractivity contribution in [1.29, 1.82) is 0 Å². The summed E-state index contributed by atoms with van der Waals surface area (Å²) in [6.45, 7) is 4.94. The van der Waals surface area contributed by atoms with Crippen molar-refractivity contribution < 1.29 is 24.5 Å². The number of hydrogen-bond acceptors (Lipinski definition) is 5. The summed E-state index contributed by atoms with van der Waals surface area (Å²) in [6.07, 6.45) is 67.6. The average Bonchev–Trinajstić information content (AvgIpc) is 3.32. The number of rotatable bonds is 55. The fourth-order valence-corrected chi connectivity index (χ4v) is 9.20. The van der Waals surface area contributed by atoms with E-state index < -0.39 is 12.1 Å². The summed E-state index contributed by atoms with van der Waals surface area (Å²) in [5, 5.41) is 23.1. The van der Waals surface area contributed by atoms with E-state index in [0.29, 0.717) is 25.9 Å². The Kier molecular flexibility index (Phi) is 54.5. The second-order valence-corrected chi connectivity index (χ2v) is 20.3. The standard InChI is InChI=1S/C60H115NO5/c1-3-5-7-9-11-13-14-15-16-24-28-31-34-38-42-46-50-54-60(65)66-55-51-47-43-39-35-32-29-26-23-21-19-17-18-20-22-25-27-30-33-37-41-45-49-53-59(64)61-57(56-62)58(63)52-48-44-40-36-12-10-8-6-4-2/h17,19-20,22,57-58,62-63H,3-16,18,21,23-56H2,1-2H3,(H,61,64)/b19-17-,22-20-. The third-order valence-corrected chi connectivity index (χ3v) is 13.8. The molecule has 0 radical (unpaired) electrons. The minimum absolute atomic E-state index is 0.0110. The fraction of sp³-hybridized carbons (Fsp3) is 0.900. The number of nitrogens with one attached hydrogen (secondary N) is 1. The van der Waals surface area contributed by atoms with Crippen LogP contribution in [0.4, 0.5) is 0 Å². The number of amides is 1. The van der Waals surface area contributed by atoms with Gasteiger partial charge in [-0.3, -0.25) is 9.59 Å². The summed E-state index contributed by atoms with van der Waals surface area (Å²) in [5.41, 5.74) is 0. The van der Waals surface area contributed by atoms with Gasteiger partial charge in [-0.2, -0.15) is 0 Å². The highest BCUT2D eigenvalue weighted by Gasteiger charge is 2.20. The molecule has 0 heterocycles. The zero-order valence-electron chi connectivity index (χ0n) is 44.4.